The van der Waals surface area contributed by atoms with E-state index >= 15 is 0 Å². The highest BCUT2D eigenvalue weighted by molar-refractivity contribution is 7.09. The van der Waals surface area contributed by atoms with Gasteiger partial charge in [-0.25, -0.2) is 9.78 Å². The maximum absolute atomic E-state index is 11.6. The summed E-state index contributed by atoms with van der Waals surface area (Å²) in [5.41, 5.74) is 1.52. The summed E-state index contributed by atoms with van der Waals surface area (Å²) in [6, 6.07) is 6.72. The molecule has 0 saturated carbocycles. The molecule has 2 aromatic rings. The van der Waals surface area contributed by atoms with Crippen LogP contribution in [0.5, 0.6) is 0 Å². The molecule has 0 spiro atoms. The Morgan fingerprint density at radius 2 is 2.33 bits per heavy atom. The second kappa shape index (κ2) is 5.84. The second-order valence-electron chi connectivity index (χ2n) is 3.68. The van der Waals surface area contributed by atoms with E-state index < -0.39 is 0 Å². The number of benzene rings is 1. The third kappa shape index (κ3) is 3.72. The maximum atomic E-state index is 11.6. The van der Waals surface area contributed by atoms with Crippen molar-refractivity contribution >= 4 is 34.7 Å². The number of halogens is 1. The first-order valence-electron chi connectivity index (χ1n) is 5.35. The molecule has 0 atom stereocenters. The number of nitrogens with zero attached hydrogens (tertiary/aromatic N) is 1. The van der Waals surface area contributed by atoms with Gasteiger partial charge in [-0.3, -0.25) is 0 Å². The molecule has 0 aliphatic heterocycles. The van der Waals surface area contributed by atoms with E-state index in [4.69, 9.17) is 11.6 Å². The van der Waals surface area contributed by atoms with Gasteiger partial charge in [-0.15, -0.1) is 11.3 Å². The highest BCUT2D eigenvalue weighted by Gasteiger charge is 2.03. The molecule has 6 heteroatoms. The lowest BCUT2D eigenvalue weighted by atomic mass is 10.3. The standard InChI is InChI=1S/C12H12ClN3OS/c1-8-15-11(7-18-8)6-14-12(17)16-10-4-2-3-9(13)5-10/h2-5,7H,6H2,1H3,(H2,14,16,17). The molecule has 1 aromatic heterocycles. The smallest absolute Gasteiger partial charge is 0.319 e. The summed E-state index contributed by atoms with van der Waals surface area (Å²) in [6.07, 6.45) is 0. The predicted octanol–water partition coefficient (Wildman–Crippen LogP) is 3.43. The third-order valence-corrected chi connectivity index (χ3v) is 3.24. The number of amides is 2. The number of rotatable bonds is 3. The van der Waals surface area contributed by atoms with Gasteiger partial charge in [0.15, 0.2) is 0 Å². The van der Waals surface area contributed by atoms with Crippen LogP contribution in [0.1, 0.15) is 10.7 Å². The van der Waals surface area contributed by atoms with Crippen LogP contribution < -0.4 is 10.6 Å². The maximum Gasteiger partial charge on any atom is 0.319 e. The Balaban J connectivity index is 1.85. The molecule has 94 valence electrons. The molecule has 0 aliphatic rings. The summed E-state index contributed by atoms with van der Waals surface area (Å²) in [5.74, 6) is 0. The van der Waals surface area contributed by atoms with Crippen molar-refractivity contribution < 1.29 is 4.79 Å². The van der Waals surface area contributed by atoms with Gasteiger partial charge in [0.25, 0.3) is 0 Å². The number of carbonyl (C=O) groups excluding carboxylic acids is 1. The van der Waals surface area contributed by atoms with E-state index in [-0.39, 0.29) is 6.03 Å². The Kier molecular flexibility index (Phi) is 4.17. The van der Waals surface area contributed by atoms with E-state index in [1.165, 1.54) is 0 Å². The van der Waals surface area contributed by atoms with Gasteiger partial charge >= 0.3 is 6.03 Å². The van der Waals surface area contributed by atoms with E-state index in [2.05, 4.69) is 15.6 Å². The molecule has 4 nitrogen and oxygen atoms in total. The summed E-state index contributed by atoms with van der Waals surface area (Å²) in [5, 5.41) is 8.93. The fourth-order valence-electron chi connectivity index (χ4n) is 1.40. The summed E-state index contributed by atoms with van der Waals surface area (Å²) >= 11 is 7.39. The molecule has 2 amide bonds. The van der Waals surface area contributed by atoms with Crippen molar-refractivity contribution in [3.63, 3.8) is 0 Å². The number of hydrogen-bond donors (Lipinski definition) is 2. The van der Waals surface area contributed by atoms with E-state index in [1.54, 1.807) is 35.6 Å². The molecule has 0 unspecified atom stereocenters. The van der Waals surface area contributed by atoms with Crippen LogP contribution in [0, 0.1) is 6.92 Å². The molecule has 0 radical (unpaired) electrons. The minimum atomic E-state index is -0.275. The van der Waals surface area contributed by atoms with Crippen molar-refractivity contribution in [1.29, 1.82) is 0 Å². The van der Waals surface area contributed by atoms with Gasteiger partial charge in [0, 0.05) is 16.1 Å². The average molecular weight is 282 g/mol. The average Bonchev–Trinajstić information content (AvgIpc) is 2.73. The van der Waals surface area contributed by atoms with E-state index in [9.17, 15) is 4.79 Å². The molecular weight excluding hydrogens is 270 g/mol. The molecule has 2 N–H and O–H groups in total. The van der Waals surface area contributed by atoms with Crippen molar-refractivity contribution in [1.82, 2.24) is 10.3 Å². The van der Waals surface area contributed by atoms with Crippen molar-refractivity contribution in [3.8, 4) is 0 Å². The van der Waals surface area contributed by atoms with Gasteiger partial charge in [-0.1, -0.05) is 17.7 Å². The quantitative estimate of drug-likeness (QED) is 0.906. The van der Waals surface area contributed by atoms with Crippen molar-refractivity contribution in [2.24, 2.45) is 0 Å². The molecule has 2 rings (SSSR count). The van der Waals surface area contributed by atoms with Crippen LogP contribution in [-0.2, 0) is 6.54 Å². The van der Waals surface area contributed by atoms with Crippen LogP contribution in [-0.4, -0.2) is 11.0 Å². The zero-order valence-corrected chi connectivity index (χ0v) is 11.3. The van der Waals surface area contributed by atoms with Gasteiger partial charge in [0.2, 0.25) is 0 Å². The third-order valence-electron chi connectivity index (χ3n) is 2.18. The SMILES string of the molecule is Cc1nc(CNC(=O)Nc2cccc(Cl)c2)cs1. The minimum Gasteiger partial charge on any atom is -0.332 e. The van der Waals surface area contributed by atoms with Gasteiger partial charge in [0.1, 0.15) is 0 Å². The summed E-state index contributed by atoms with van der Waals surface area (Å²) < 4.78 is 0. The molecular formula is C12H12ClN3OS. The highest BCUT2D eigenvalue weighted by atomic mass is 35.5. The Morgan fingerprint density at radius 3 is 3.00 bits per heavy atom. The molecule has 18 heavy (non-hydrogen) atoms. The Labute approximate surface area is 114 Å². The first kappa shape index (κ1) is 12.9. The number of aromatic nitrogens is 1. The lowest BCUT2D eigenvalue weighted by Crippen LogP contribution is -2.28. The summed E-state index contributed by atoms with van der Waals surface area (Å²) in [4.78, 5) is 15.9. The largest absolute Gasteiger partial charge is 0.332 e. The van der Waals surface area contributed by atoms with Crippen molar-refractivity contribution in [3.05, 3.63) is 45.4 Å². The normalized spacial score (nSPS) is 10.1. The molecule has 0 saturated heterocycles. The molecule has 1 heterocycles. The van der Waals surface area contributed by atoms with Crippen LogP contribution in [0.2, 0.25) is 5.02 Å². The lowest BCUT2D eigenvalue weighted by Gasteiger charge is -2.06. The van der Waals surface area contributed by atoms with Crippen LogP contribution >= 0.6 is 22.9 Å². The highest BCUT2D eigenvalue weighted by Crippen LogP contribution is 2.14. The number of anilines is 1. The minimum absolute atomic E-state index is 0.275. The van der Waals surface area contributed by atoms with Crippen molar-refractivity contribution in [2.45, 2.75) is 13.5 Å². The van der Waals surface area contributed by atoms with Crippen LogP contribution in [0.3, 0.4) is 0 Å². The Morgan fingerprint density at radius 1 is 1.50 bits per heavy atom. The van der Waals surface area contributed by atoms with E-state index in [0.717, 1.165) is 10.7 Å². The summed E-state index contributed by atoms with van der Waals surface area (Å²) in [6.45, 7) is 2.34. The van der Waals surface area contributed by atoms with Gasteiger partial charge < -0.3 is 10.6 Å². The van der Waals surface area contributed by atoms with Gasteiger partial charge in [-0.2, -0.15) is 0 Å². The molecule has 0 fully saturated rings. The Bertz CT molecular complexity index is 556. The van der Waals surface area contributed by atoms with E-state index in [1.807, 2.05) is 12.3 Å². The zero-order chi connectivity index (χ0) is 13.0. The second-order valence-corrected chi connectivity index (χ2v) is 5.17. The first-order valence-corrected chi connectivity index (χ1v) is 6.60. The molecule has 0 aliphatic carbocycles. The fourth-order valence-corrected chi connectivity index (χ4v) is 2.20. The fraction of sp³-hybridized carbons (Fsp3) is 0.167. The van der Waals surface area contributed by atoms with Crippen LogP contribution in [0.4, 0.5) is 10.5 Å². The number of urea groups is 1. The Hall–Kier alpha value is -1.59. The number of aryl methyl sites for hydroxylation is 1. The van der Waals surface area contributed by atoms with Gasteiger partial charge in [-0.05, 0) is 25.1 Å². The number of thiazole rings is 1. The van der Waals surface area contributed by atoms with E-state index in [0.29, 0.717) is 17.3 Å². The van der Waals surface area contributed by atoms with Crippen LogP contribution in [0.15, 0.2) is 29.6 Å². The molecule has 0 bridgehead atoms. The van der Waals surface area contributed by atoms with Crippen LogP contribution in [0.25, 0.3) is 0 Å². The summed E-state index contributed by atoms with van der Waals surface area (Å²) in [7, 11) is 0. The topological polar surface area (TPSA) is 54.0 Å². The number of hydrogen-bond acceptors (Lipinski definition) is 3. The number of carbonyl (C=O) groups is 1. The number of nitrogens with one attached hydrogen (secondary N) is 2. The lowest BCUT2D eigenvalue weighted by molar-refractivity contribution is 0.251. The van der Waals surface area contributed by atoms with Crippen molar-refractivity contribution in [2.75, 3.05) is 5.32 Å². The monoisotopic (exact) mass is 281 g/mol. The zero-order valence-electron chi connectivity index (χ0n) is 9.74. The molecule has 1 aromatic carbocycles. The first-order chi connectivity index (χ1) is 8.63. The van der Waals surface area contributed by atoms with Gasteiger partial charge in [0.05, 0.1) is 17.2 Å². The predicted molar refractivity (Wildman–Crippen MR) is 74.2 cm³/mol.